The number of aryl methyl sites for hydroxylation is 2. The molecule has 0 spiro atoms. The van der Waals surface area contributed by atoms with Crippen molar-refractivity contribution < 1.29 is 0 Å². The molecule has 1 aliphatic rings. The predicted octanol–water partition coefficient (Wildman–Crippen LogP) is 6.51. The van der Waals surface area contributed by atoms with Crippen LogP contribution in [0.4, 0.5) is 0 Å². The third-order valence-electron chi connectivity index (χ3n) is 4.52. The van der Waals surface area contributed by atoms with Crippen LogP contribution in [-0.4, -0.2) is 0 Å². The lowest BCUT2D eigenvalue weighted by Crippen LogP contribution is -2.01. The maximum atomic E-state index is 2.39. The summed E-state index contributed by atoms with van der Waals surface area (Å²) < 4.78 is 0. The van der Waals surface area contributed by atoms with E-state index in [0.29, 0.717) is 0 Å². The number of benzene rings is 2. The molecule has 0 fully saturated rings. The molecule has 0 heterocycles. The quantitative estimate of drug-likeness (QED) is 0.606. The first-order valence-electron chi connectivity index (χ1n) is 8.40. The third kappa shape index (κ3) is 3.22. The standard InChI is InChI=1S/C23H24/c1-4-8-22-21(19-15-13-17(2)14-16-19)11-7-12-23(22)20-10-6-5-9-18(20)3/h4-6,8-11,13-16H,7,12H2,1-3H3/b8-4+. The van der Waals surface area contributed by atoms with E-state index in [2.05, 4.69) is 87.5 Å². The molecule has 0 amide bonds. The lowest BCUT2D eigenvalue weighted by atomic mass is 9.82. The lowest BCUT2D eigenvalue weighted by molar-refractivity contribution is 1.04. The van der Waals surface area contributed by atoms with Gasteiger partial charge in [0.25, 0.3) is 0 Å². The van der Waals surface area contributed by atoms with Gasteiger partial charge >= 0.3 is 0 Å². The van der Waals surface area contributed by atoms with Crippen molar-refractivity contribution in [1.29, 1.82) is 0 Å². The van der Waals surface area contributed by atoms with E-state index in [1.807, 2.05) is 0 Å². The number of hydrogen-bond acceptors (Lipinski definition) is 0. The fraction of sp³-hybridized carbons (Fsp3) is 0.217. The zero-order valence-electron chi connectivity index (χ0n) is 14.3. The van der Waals surface area contributed by atoms with Gasteiger partial charge in [-0.1, -0.05) is 72.3 Å². The Hall–Kier alpha value is -2.34. The van der Waals surface area contributed by atoms with E-state index < -0.39 is 0 Å². The van der Waals surface area contributed by atoms with Crippen molar-refractivity contribution in [3.63, 3.8) is 0 Å². The summed E-state index contributed by atoms with van der Waals surface area (Å²) in [5.41, 5.74) is 9.58. The fourth-order valence-electron chi connectivity index (χ4n) is 3.32. The molecule has 23 heavy (non-hydrogen) atoms. The second-order valence-electron chi connectivity index (χ2n) is 6.23. The molecular formula is C23H24. The van der Waals surface area contributed by atoms with Gasteiger partial charge in [0.15, 0.2) is 0 Å². The Morgan fingerprint density at radius 3 is 2.35 bits per heavy atom. The lowest BCUT2D eigenvalue weighted by Gasteiger charge is -2.22. The molecule has 0 nitrogen and oxygen atoms in total. The molecule has 0 saturated carbocycles. The van der Waals surface area contributed by atoms with E-state index in [0.717, 1.165) is 12.8 Å². The Kier molecular flexibility index (Phi) is 4.62. The van der Waals surface area contributed by atoms with Crippen LogP contribution < -0.4 is 0 Å². The molecule has 116 valence electrons. The Morgan fingerprint density at radius 2 is 1.65 bits per heavy atom. The Morgan fingerprint density at radius 1 is 0.913 bits per heavy atom. The molecular weight excluding hydrogens is 276 g/mol. The van der Waals surface area contributed by atoms with Crippen molar-refractivity contribution in [3.05, 3.63) is 94.6 Å². The van der Waals surface area contributed by atoms with Gasteiger partial charge in [0.1, 0.15) is 0 Å². The minimum Gasteiger partial charge on any atom is -0.0870 e. The second kappa shape index (κ2) is 6.83. The van der Waals surface area contributed by atoms with Crippen molar-refractivity contribution >= 4 is 11.1 Å². The van der Waals surface area contributed by atoms with Gasteiger partial charge < -0.3 is 0 Å². The van der Waals surface area contributed by atoms with E-state index in [-0.39, 0.29) is 0 Å². The van der Waals surface area contributed by atoms with Crippen LogP contribution in [0.5, 0.6) is 0 Å². The third-order valence-corrected chi connectivity index (χ3v) is 4.52. The minimum atomic E-state index is 1.11. The molecule has 0 unspecified atom stereocenters. The molecule has 2 aromatic carbocycles. The zero-order valence-corrected chi connectivity index (χ0v) is 14.3. The van der Waals surface area contributed by atoms with Crippen LogP contribution in [0, 0.1) is 13.8 Å². The molecule has 0 aliphatic heterocycles. The smallest absolute Gasteiger partial charge is 0.0146 e. The first-order chi connectivity index (χ1) is 11.2. The predicted molar refractivity (Wildman–Crippen MR) is 101 cm³/mol. The summed E-state index contributed by atoms with van der Waals surface area (Å²) in [6.45, 7) is 6.45. The summed E-state index contributed by atoms with van der Waals surface area (Å²) in [5, 5.41) is 0. The Balaban J connectivity index is 2.16. The molecule has 0 N–H and O–H groups in total. The molecule has 0 radical (unpaired) electrons. The maximum Gasteiger partial charge on any atom is -0.0146 e. The summed E-state index contributed by atoms with van der Waals surface area (Å²) >= 11 is 0. The zero-order chi connectivity index (χ0) is 16.2. The van der Waals surface area contributed by atoms with Gasteiger partial charge in [0.2, 0.25) is 0 Å². The molecule has 1 aliphatic carbocycles. The monoisotopic (exact) mass is 300 g/mol. The van der Waals surface area contributed by atoms with E-state index in [4.69, 9.17) is 0 Å². The van der Waals surface area contributed by atoms with Gasteiger partial charge in [-0.2, -0.15) is 0 Å². The van der Waals surface area contributed by atoms with Crippen LogP contribution >= 0.6 is 0 Å². The van der Waals surface area contributed by atoms with E-state index in [9.17, 15) is 0 Å². The van der Waals surface area contributed by atoms with Crippen molar-refractivity contribution in [2.24, 2.45) is 0 Å². The van der Waals surface area contributed by atoms with Crippen molar-refractivity contribution in [1.82, 2.24) is 0 Å². The van der Waals surface area contributed by atoms with E-state index in [1.165, 1.54) is 39.0 Å². The van der Waals surface area contributed by atoms with Gasteiger partial charge in [0.05, 0.1) is 0 Å². The van der Waals surface area contributed by atoms with Crippen LogP contribution in [0.3, 0.4) is 0 Å². The van der Waals surface area contributed by atoms with Gasteiger partial charge in [0, 0.05) is 0 Å². The largest absolute Gasteiger partial charge is 0.0870 e. The van der Waals surface area contributed by atoms with Gasteiger partial charge in [-0.15, -0.1) is 0 Å². The summed E-state index contributed by atoms with van der Waals surface area (Å²) in [6.07, 6.45) is 9.03. The van der Waals surface area contributed by atoms with Gasteiger partial charge in [-0.25, -0.2) is 0 Å². The van der Waals surface area contributed by atoms with E-state index in [1.54, 1.807) is 0 Å². The Bertz CT molecular complexity index is 783. The maximum absolute atomic E-state index is 2.39. The number of rotatable bonds is 3. The Labute approximate surface area is 139 Å². The van der Waals surface area contributed by atoms with Crippen LogP contribution in [0.25, 0.3) is 11.1 Å². The normalized spacial score (nSPS) is 15.2. The molecule has 0 bridgehead atoms. The summed E-state index contributed by atoms with van der Waals surface area (Å²) in [4.78, 5) is 0. The number of hydrogen-bond donors (Lipinski definition) is 0. The summed E-state index contributed by atoms with van der Waals surface area (Å²) in [5.74, 6) is 0. The SMILES string of the molecule is C/C=C/C1=C(c2ccccc2C)CCC=C1c1ccc(C)cc1. The van der Waals surface area contributed by atoms with Crippen molar-refractivity contribution in [2.45, 2.75) is 33.6 Å². The van der Waals surface area contributed by atoms with Crippen molar-refractivity contribution in [3.8, 4) is 0 Å². The average Bonchev–Trinajstić information content (AvgIpc) is 2.57. The molecule has 2 aromatic rings. The highest BCUT2D eigenvalue weighted by molar-refractivity contribution is 5.94. The molecule has 0 atom stereocenters. The molecule has 0 saturated heterocycles. The highest BCUT2D eigenvalue weighted by atomic mass is 14.2. The van der Waals surface area contributed by atoms with E-state index >= 15 is 0 Å². The molecule has 0 aromatic heterocycles. The van der Waals surface area contributed by atoms with Crippen LogP contribution in [0.2, 0.25) is 0 Å². The van der Waals surface area contributed by atoms with Crippen molar-refractivity contribution in [2.75, 3.05) is 0 Å². The van der Waals surface area contributed by atoms with Crippen LogP contribution in [-0.2, 0) is 0 Å². The first-order valence-corrected chi connectivity index (χ1v) is 8.40. The minimum absolute atomic E-state index is 1.11. The second-order valence-corrected chi connectivity index (χ2v) is 6.23. The van der Waals surface area contributed by atoms with Crippen LogP contribution in [0.15, 0.2) is 72.3 Å². The van der Waals surface area contributed by atoms with Gasteiger partial charge in [-0.3, -0.25) is 0 Å². The average molecular weight is 300 g/mol. The fourth-order valence-corrected chi connectivity index (χ4v) is 3.32. The molecule has 3 rings (SSSR count). The van der Waals surface area contributed by atoms with Gasteiger partial charge in [-0.05, 0) is 67.0 Å². The molecule has 0 heteroatoms. The topological polar surface area (TPSA) is 0 Å². The number of allylic oxidation sites excluding steroid dienone is 6. The van der Waals surface area contributed by atoms with Crippen LogP contribution in [0.1, 0.15) is 42.0 Å². The summed E-state index contributed by atoms with van der Waals surface area (Å²) in [6, 6.07) is 17.6. The highest BCUT2D eigenvalue weighted by Gasteiger charge is 2.17. The highest BCUT2D eigenvalue weighted by Crippen LogP contribution is 2.39. The summed E-state index contributed by atoms with van der Waals surface area (Å²) in [7, 11) is 0. The first kappa shape index (κ1) is 15.6.